The van der Waals surface area contributed by atoms with E-state index < -0.39 is 11.2 Å². The number of aliphatic imine (C=N–C) groups is 1. The van der Waals surface area contributed by atoms with Crippen LogP contribution in [0.5, 0.6) is 0 Å². The Morgan fingerprint density at radius 1 is 1.27 bits per heavy atom. The van der Waals surface area contributed by atoms with E-state index in [1.54, 1.807) is 6.20 Å². The molecule has 0 aromatic carbocycles. The minimum absolute atomic E-state index is 0.157. The molecule has 0 spiro atoms. The molecule has 0 radical (unpaired) electrons. The SMILES string of the molecule is O=c1[nH]cc(N=Cc2ccc[nH]2)c(=O)[nH]1. The summed E-state index contributed by atoms with van der Waals surface area (Å²) in [7, 11) is 0. The van der Waals surface area contributed by atoms with E-state index in [4.69, 9.17) is 0 Å². The number of aromatic amines is 3. The van der Waals surface area contributed by atoms with Crippen molar-refractivity contribution in [2.24, 2.45) is 4.99 Å². The molecule has 6 heteroatoms. The third-order valence-electron chi connectivity index (χ3n) is 1.76. The van der Waals surface area contributed by atoms with Crippen molar-refractivity contribution >= 4 is 11.9 Å². The van der Waals surface area contributed by atoms with E-state index in [-0.39, 0.29) is 5.69 Å². The molecule has 0 bridgehead atoms. The molecule has 0 amide bonds. The molecular weight excluding hydrogens is 196 g/mol. The molecule has 0 aliphatic carbocycles. The lowest BCUT2D eigenvalue weighted by Crippen LogP contribution is -2.20. The molecule has 0 aliphatic heterocycles. The van der Waals surface area contributed by atoms with Gasteiger partial charge >= 0.3 is 5.69 Å². The van der Waals surface area contributed by atoms with Crippen molar-refractivity contribution in [2.45, 2.75) is 0 Å². The molecule has 0 aliphatic rings. The van der Waals surface area contributed by atoms with E-state index in [9.17, 15) is 9.59 Å². The Bertz CT molecular complexity index is 577. The number of rotatable bonds is 2. The third-order valence-corrected chi connectivity index (χ3v) is 1.76. The number of H-pyrrole nitrogens is 3. The maximum atomic E-state index is 11.2. The minimum atomic E-state index is -0.543. The number of hydrogen-bond acceptors (Lipinski definition) is 3. The Labute approximate surface area is 83.7 Å². The molecule has 0 saturated carbocycles. The highest BCUT2D eigenvalue weighted by Gasteiger charge is 1.95. The van der Waals surface area contributed by atoms with Crippen molar-refractivity contribution in [3.05, 3.63) is 51.1 Å². The summed E-state index contributed by atoms with van der Waals surface area (Å²) in [6.45, 7) is 0. The lowest BCUT2D eigenvalue weighted by Gasteiger charge is -1.89. The summed E-state index contributed by atoms with van der Waals surface area (Å²) in [6.07, 6.45) is 4.52. The van der Waals surface area contributed by atoms with Crippen LogP contribution in [0.4, 0.5) is 5.69 Å². The van der Waals surface area contributed by atoms with Gasteiger partial charge in [0.2, 0.25) is 0 Å². The monoisotopic (exact) mass is 204 g/mol. The second-order valence-electron chi connectivity index (χ2n) is 2.84. The Hall–Kier alpha value is -2.37. The maximum Gasteiger partial charge on any atom is 0.325 e. The van der Waals surface area contributed by atoms with E-state index >= 15 is 0 Å². The highest BCUT2D eigenvalue weighted by atomic mass is 16.2. The summed E-state index contributed by atoms with van der Waals surface area (Å²) >= 11 is 0. The number of hydrogen-bond donors (Lipinski definition) is 3. The van der Waals surface area contributed by atoms with E-state index in [0.29, 0.717) is 0 Å². The first-order valence-electron chi connectivity index (χ1n) is 4.25. The Balaban J connectivity index is 2.33. The molecule has 76 valence electrons. The topological polar surface area (TPSA) is 93.9 Å². The van der Waals surface area contributed by atoms with Crippen LogP contribution < -0.4 is 11.2 Å². The summed E-state index contributed by atoms with van der Waals surface area (Å²) in [6, 6.07) is 3.63. The predicted octanol–water partition coefficient (Wildman–Crippen LogP) is 0.142. The van der Waals surface area contributed by atoms with Crippen LogP contribution in [0.25, 0.3) is 0 Å². The molecule has 0 saturated heterocycles. The van der Waals surface area contributed by atoms with Crippen molar-refractivity contribution in [1.82, 2.24) is 15.0 Å². The van der Waals surface area contributed by atoms with Crippen molar-refractivity contribution in [1.29, 1.82) is 0 Å². The van der Waals surface area contributed by atoms with Crippen molar-refractivity contribution in [3.63, 3.8) is 0 Å². The summed E-state index contributed by atoms with van der Waals surface area (Å²) in [4.78, 5) is 33.1. The average molecular weight is 204 g/mol. The van der Waals surface area contributed by atoms with Gasteiger partial charge in [-0.25, -0.2) is 9.79 Å². The van der Waals surface area contributed by atoms with Crippen LogP contribution in [-0.4, -0.2) is 21.2 Å². The normalized spacial score (nSPS) is 10.9. The minimum Gasteiger partial charge on any atom is -0.360 e. The molecule has 6 nitrogen and oxygen atoms in total. The summed E-state index contributed by atoms with van der Waals surface area (Å²) < 4.78 is 0. The van der Waals surface area contributed by atoms with Crippen LogP contribution in [0.1, 0.15) is 5.69 Å². The quantitative estimate of drug-likeness (QED) is 0.607. The van der Waals surface area contributed by atoms with Gasteiger partial charge in [0.25, 0.3) is 5.56 Å². The average Bonchev–Trinajstić information content (AvgIpc) is 2.69. The lowest BCUT2D eigenvalue weighted by atomic mass is 10.4. The van der Waals surface area contributed by atoms with Gasteiger partial charge < -0.3 is 9.97 Å². The van der Waals surface area contributed by atoms with Crippen LogP contribution in [0.3, 0.4) is 0 Å². The summed E-state index contributed by atoms with van der Waals surface area (Å²) in [5.74, 6) is 0. The molecule has 0 fully saturated rings. The molecule has 0 atom stereocenters. The zero-order valence-electron chi connectivity index (χ0n) is 7.65. The zero-order valence-corrected chi connectivity index (χ0v) is 7.65. The van der Waals surface area contributed by atoms with Crippen LogP contribution in [0, 0.1) is 0 Å². The van der Waals surface area contributed by atoms with Crippen molar-refractivity contribution in [3.8, 4) is 0 Å². The summed E-state index contributed by atoms with van der Waals surface area (Å²) in [5.41, 5.74) is -0.120. The Morgan fingerprint density at radius 3 is 2.80 bits per heavy atom. The van der Waals surface area contributed by atoms with Gasteiger partial charge in [0, 0.05) is 12.4 Å². The van der Waals surface area contributed by atoms with Crippen molar-refractivity contribution < 1.29 is 0 Å². The standard InChI is InChI=1S/C9H8N4O2/c14-8-7(5-12-9(15)13-8)11-4-6-2-1-3-10-6/h1-5,10H,(H2,12,13,14,15). The van der Waals surface area contributed by atoms with Gasteiger partial charge in [-0.05, 0) is 12.1 Å². The second-order valence-corrected chi connectivity index (χ2v) is 2.84. The van der Waals surface area contributed by atoms with E-state index in [0.717, 1.165) is 5.69 Å². The molecule has 2 aromatic rings. The number of aromatic nitrogens is 3. The maximum absolute atomic E-state index is 11.2. The molecule has 3 N–H and O–H groups in total. The lowest BCUT2D eigenvalue weighted by molar-refractivity contribution is 1.03. The van der Waals surface area contributed by atoms with Crippen LogP contribution >= 0.6 is 0 Å². The molecule has 2 heterocycles. The number of nitrogens with zero attached hydrogens (tertiary/aromatic N) is 1. The van der Waals surface area contributed by atoms with Gasteiger partial charge in [0.1, 0.15) is 5.69 Å². The van der Waals surface area contributed by atoms with E-state index in [2.05, 4.69) is 19.9 Å². The fourth-order valence-corrected chi connectivity index (χ4v) is 1.06. The fourth-order valence-electron chi connectivity index (χ4n) is 1.06. The van der Waals surface area contributed by atoms with Crippen LogP contribution in [0.15, 0.2) is 39.1 Å². The Morgan fingerprint density at radius 2 is 2.13 bits per heavy atom. The van der Waals surface area contributed by atoms with Gasteiger partial charge in [0.15, 0.2) is 0 Å². The summed E-state index contributed by atoms with van der Waals surface area (Å²) in [5, 5.41) is 0. The van der Waals surface area contributed by atoms with Crippen LogP contribution in [-0.2, 0) is 0 Å². The van der Waals surface area contributed by atoms with Gasteiger partial charge in [-0.2, -0.15) is 0 Å². The highest BCUT2D eigenvalue weighted by molar-refractivity contribution is 5.79. The zero-order chi connectivity index (χ0) is 10.7. The molecule has 15 heavy (non-hydrogen) atoms. The molecule has 2 rings (SSSR count). The number of nitrogens with one attached hydrogen (secondary N) is 3. The predicted molar refractivity (Wildman–Crippen MR) is 55.7 cm³/mol. The second kappa shape index (κ2) is 3.79. The van der Waals surface area contributed by atoms with Gasteiger partial charge in [-0.3, -0.25) is 9.78 Å². The molecule has 2 aromatic heterocycles. The van der Waals surface area contributed by atoms with E-state index in [1.165, 1.54) is 12.4 Å². The van der Waals surface area contributed by atoms with E-state index in [1.807, 2.05) is 12.1 Å². The Kier molecular flexibility index (Phi) is 2.32. The van der Waals surface area contributed by atoms with Crippen LogP contribution in [0.2, 0.25) is 0 Å². The highest BCUT2D eigenvalue weighted by Crippen LogP contribution is 1.99. The fraction of sp³-hybridized carbons (Fsp3) is 0. The molecular formula is C9H8N4O2. The molecule has 0 unspecified atom stereocenters. The van der Waals surface area contributed by atoms with Crippen molar-refractivity contribution in [2.75, 3.05) is 0 Å². The van der Waals surface area contributed by atoms with Gasteiger partial charge in [-0.15, -0.1) is 0 Å². The third kappa shape index (κ3) is 2.11. The van der Waals surface area contributed by atoms with Gasteiger partial charge in [-0.1, -0.05) is 0 Å². The first-order valence-corrected chi connectivity index (χ1v) is 4.25. The first kappa shape index (κ1) is 9.20. The van der Waals surface area contributed by atoms with Gasteiger partial charge in [0.05, 0.1) is 11.9 Å². The first-order chi connectivity index (χ1) is 7.25. The largest absolute Gasteiger partial charge is 0.360 e. The smallest absolute Gasteiger partial charge is 0.325 e.